The molecule has 0 radical (unpaired) electrons. The maximum Gasteiger partial charge on any atom is 0.147 e. The van der Waals surface area contributed by atoms with Gasteiger partial charge in [0.1, 0.15) is 12.2 Å². The van der Waals surface area contributed by atoms with Crippen LogP contribution in [0.25, 0.3) is 50.5 Å². The number of fused-ring (bicyclic) bond motifs is 1. The van der Waals surface area contributed by atoms with Crippen molar-refractivity contribution in [3.63, 3.8) is 0 Å². The smallest absolute Gasteiger partial charge is 0.147 e. The Morgan fingerprint density at radius 2 is 1.27 bits per heavy atom. The fraction of sp³-hybridized carbons (Fsp3) is 0. The van der Waals surface area contributed by atoms with Crippen molar-refractivity contribution in [3.8, 4) is 39.5 Å². The zero-order chi connectivity index (χ0) is 26.7. The molecule has 2 heterocycles. The van der Waals surface area contributed by atoms with E-state index in [9.17, 15) is 0 Å². The van der Waals surface area contributed by atoms with Gasteiger partial charge in [-0.15, -0.1) is 0 Å². The van der Waals surface area contributed by atoms with E-state index < -0.39 is 0 Å². The normalized spacial score (nSPS) is 11.0. The van der Waals surface area contributed by atoms with Gasteiger partial charge in [-0.2, -0.15) is 0 Å². The zero-order valence-corrected chi connectivity index (χ0v) is 21.6. The molecule has 0 unspecified atom stereocenters. The molecule has 0 fully saturated rings. The molecule has 5 nitrogen and oxygen atoms in total. The molecule has 0 aliphatic rings. The average Bonchev–Trinajstić information content (AvgIpc) is 3.42. The molecule has 0 saturated carbocycles. The monoisotopic (exact) mass is 515 g/mol. The Morgan fingerprint density at radius 1 is 0.575 bits per heavy atom. The molecular weight excluding hydrogens is 490 g/mol. The Balaban J connectivity index is 1.26. The third kappa shape index (κ3) is 4.40. The first-order valence-electron chi connectivity index (χ1n) is 13.2. The van der Waals surface area contributed by atoms with Crippen molar-refractivity contribution in [1.29, 1.82) is 0 Å². The summed E-state index contributed by atoms with van der Waals surface area (Å²) in [7, 11) is 0. The van der Waals surface area contributed by atoms with Crippen LogP contribution in [0.15, 0.2) is 146 Å². The van der Waals surface area contributed by atoms with Crippen LogP contribution in [0.1, 0.15) is 0 Å². The van der Waals surface area contributed by atoms with Gasteiger partial charge in [-0.25, -0.2) is 15.0 Å². The van der Waals surface area contributed by atoms with Gasteiger partial charge >= 0.3 is 0 Å². The summed E-state index contributed by atoms with van der Waals surface area (Å²) in [6, 6.07) is 45.5. The van der Waals surface area contributed by atoms with E-state index >= 15 is 0 Å². The number of imidazole rings is 1. The lowest BCUT2D eigenvalue weighted by atomic mass is 10.0. The highest BCUT2D eigenvalue weighted by Gasteiger charge is 2.17. The average molecular weight is 516 g/mol. The first-order chi connectivity index (χ1) is 19.8. The van der Waals surface area contributed by atoms with Gasteiger partial charge in [0, 0.05) is 39.9 Å². The number of benzene rings is 5. The van der Waals surface area contributed by atoms with Crippen LogP contribution in [0.5, 0.6) is 0 Å². The third-order valence-corrected chi connectivity index (χ3v) is 6.98. The number of para-hydroxylation sites is 4. The summed E-state index contributed by atoms with van der Waals surface area (Å²) in [5, 5.41) is 3.63. The van der Waals surface area contributed by atoms with E-state index in [0.29, 0.717) is 0 Å². The Labute approximate surface area is 232 Å². The van der Waals surface area contributed by atoms with Gasteiger partial charge in [0.05, 0.1) is 16.7 Å². The lowest BCUT2D eigenvalue weighted by molar-refractivity contribution is 1.10. The molecule has 5 heteroatoms. The minimum Gasteiger partial charge on any atom is -0.355 e. The van der Waals surface area contributed by atoms with Crippen LogP contribution in [0, 0.1) is 0 Å². The highest BCUT2D eigenvalue weighted by atomic mass is 15.1. The van der Waals surface area contributed by atoms with Crippen molar-refractivity contribution in [2.45, 2.75) is 0 Å². The predicted octanol–water partition coefficient (Wildman–Crippen LogP) is 8.56. The summed E-state index contributed by atoms with van der Waals surface area (Å²) in [5.74, 6) is 0.890. The second-order valence-corrected chi connectivity index (χ2v) is 9.49. The van der Waals surface area contributed by atoms with Gasteiger partial charge in [-0.1, -0.05) is 84.9 Å². The molecule has 0 saturated heterocycles. The Kier molecular flexibility index (Phi) is 6.07. The lowest BCUT2D eigenvalue weighted by Crippen LogP contribution is -2.00. The van der Waals surface area contributed by atoms with Crippen molar-refractivity contribution in [2.75, 3.05) is 5.32 Å². The predicted molar refractivity (Wildman–Crippen MR) is 163 cm³/mol. The number of hydrogen-bond acceptors (Lipinski definition) is 4. The summed E-state index contributed by atoms with van der Waals surface area (Å²) in [4.78, 5) is 13.9. The van der Waals surface area contributed by atoms with Gasteiger partial charge < -0.3 is 5.32 Å². The molecule has 40 heavy (non-hydrogen) atoms. The summed E-state index contributed by atoms with van der Waals surface area (Å²) < 4.78 is 2.22. The van der Waals surface area contributed by atoms with E-state index in [1.54, 1.807) is 6.33 Å². The molecule has 7 aromatic rings. The standard InChI is InChI=1S/C35H25N5/c1-3-11-26(12-4-1)34-30(23-36-24-37-34)25-19-21-27(22-20-25)38-31-16-8-7-15-29(31)35-39-32-17-9-10-18-33(32)40(35)28-13-5-2-6-14-28/h1-24,38H. The third-order valence-electron chi connectivity index (χ3n) is 6.98. The van der Waals surface area contributed by atoms with Gasteiger partial charge in [-0.3, -0.25) is 4.57 Å². The van der Waals surface area contributed by atoms with Crippen LogP contribution in [0.4, 0.5) is 11.4 Å². The van der Waals surface area contributed by atoms with Crippen molar-refractivity contribution >= 4 is 22.4 Å². The summed E-state index contributed by atoms with van der Waals surface area (Å²) in [6.07, 6.45) is 3.47. The van der Waals surface area contributed by atoms with Crippen molar-refractivity contribution in [1.82, 2.24) is 19.5 Å². The lowest BCUT2D eigenvalue weighted by Gasteiger charge is -2.15. The summed E-state index contributed by atoms with van der Waals surface area (Å²) in [6.45, 7) is 0. The molecule has 190 valence electrons. The Hall–Kier alpha value is -5.55. The van der Waals surface area contributed by atoms with E-state index in [1.165, 1.54) is 0 Å². The van der Waals surface area contributed by atoms with E-state index in [0.717, 1.165) is 61.9 Å². The Morgan fingerprint density at radius 3 is 2.10 bits per heavy atom. The molecule has 0 amide bonds. The van der Waals surface area contributed by atoms with Gasteiger partial charge in [0.15, 0.2) is 0 Å². The van der Waals surface area contributed by atoms with Crippen LogP contribution in [-0.4, -0.2) is 19.5 Å². The summed E-state index contributed by atoms with van der Waals surface area (Å²) >= 11 is 0. The van der Waals surface area contributed by atoms with Crippen molar-refractivity contribution in [3.05, 3.63) is 146 Å². The van der Waals surface area contributed by atoms with Gasteiger partial charge in [-0.05, 0) is 54.1 Å². The summed E-state index contributed by atoms with van der Waals surface area (Å²) in [5.41, 5.74) is 10.1. The maximum absolute atomic E-state index is 5.06. The zero-order valence-electron chi connectivity index (χ0n) is 21.6. The number of rotatable bonds is 6. The largest absolute Gasteiger partial charge is 0.355 e. The van der Waals surface area contributed by atoms with Crippen molar-refractivity contribution < 1.29 is 0 Å². The number of nitrogens with one attached hydrogen (secondary N) is 1. The molecular formula is C35H25N5. The topological polar surface area (TPSA) is 55.6 Å². The molecule has 0 spiro atoms. The molecule has 2 aromatic heterocycles. The fourth-order valence-electron chi connectivity index (χ4n) is 5.09. The first-order valence-corrected chi connectivity index (χ1v) is 13.2. The maximum atomic E-state index is 5.06. The molecule has 0 bridgehead atoms. The molecule has 0 aliphatic carbocycles. The Bertz CT molecular complexity index is 1910. The quantitative estimate of drug-likeness (QED) is 0.241. The molecule has 5 aromatic carbocycles. The second kappa shape index (κ2) is 10.3. The van der Waals surface area contributed by atoms with Crippen molar-refractivity contribution in [2.24, 2.45) is 0 Å². The second-order valence-electron chi connectivity index (χ2n) is 9.49. The highest BCUT2D eigenvalue weighted by molar-refractivity contribution is 5.88. The minimum absolute atomic E-state index is 0.890. The number of anilines is 2. The molecule has 1 N–H and O–H groups in total. The number of nitrogens with zero attached hydrogens (tertiary/aromatic N) is 4. The van der Waals surface area contributed by atoms with E-state index in [1.807, 2.05) is 42.6 Å². The van der Waals surface area contributed by atoms with E-state index in [-0.39, 0.29) is 0 Å². The molecule has 0 aliphatic heterocycles. The van der Waals surface area contributed by atoms with Gasteiger partial charge in [0.2, 0.25) is 0 Å². The minimum atomic E-state index is 0.890. The van der Waals surface area contributed by atoms with Crippen LogP contribution < -0.4 is 5.32 Å². The molecule has 0 atom stereocenters. The van der Waals surface area contributed by atoms with E-state index in [2.05, 4.69) is 117 Å². The highest BCUT2D eigenvalue weighted by Crippen LogP contribution is 2.35. The SMILES string of the molecule is c1ccc(-c2ncncc2-c2ccc(Nc3ccccc3-c3nc4ccccc4n3-c3ccccc3)cc2)cc1. The van der Waals surface area contributed by atoms with Crippen LogP contribution in [0.2, 0.25) is 0 Å². The van der Waals surface area contributed by atoms with Crippen LogP contribution >= 0.6 is 0 Å². The number of hydrogen-bond donors (Lipinski definition) is 1. The fourth-order valence-corrected chi connectivity index (χ4v) is 5.09. The first kappa shape index (κ1) is 23.6. The van der Waals surface area contributed by atoms with Crippen LogP contribution in [-0.2, 0) is 0 Å². The van der Waals surface area contributed by atoms with Gasteiger partial charge in [0.25, 0.3) is 0 Å². The molecule has 7 rings (SSSR count). The van der Waals surface area contributed by atoms with E-state index in [4.69, 9.17) is 4.98 Å². The number of aromatic nitrogens is 4. The van der Waals surface area contributed by atoms with Crippen LogP contribution in [0.3, 0.4) is 0 Å².